The average molecular weight is 298 g/mol. The van der Waals surface area contributed by atoms with Gasteiger partial charge in [-0.1, -0.05) is 0 Å². The Morgan fingerprint density at radius 2 is 2.16 bits per heavy atom. The van der Waals surface area contributed by atoms with Crippen LogP contribution >= 0.6 is 11.8 Å². The van der Waals surface area contributed by atoms with Gasteiger partial charge in [0, 0.05) is 19.6 Å². The van der Waals surface area contributed by atoms with Crippen molar-refractivity contribution in [2.75, 3.05) is 32.1 Å². The largest absolute Gasteiger partial charge is 0.404 e. The van der Waals surface area contributed by atoms with E-state index in [1.165, 1.54) is 11.9 Å². The van der Waals surface area contributed by atoms with Gasteiger partial charge in [-0.05, 0) is 38.3 Å². The SMILES string of the molecule is CSCCC(C)N(C)C(=O)C1(C(F)(F)F)CCNC1. The maximum atomic E-state index is 13.3. The number of hydrogen-bond donors (Lipinski definition) is 1. The number of alkyl halides is 3. The van der Waals surface area contributed by atoms with E-state index in [0.29, 0.717) is 6.42 Å². The molecule has 19 heavy (non-hydrogen) atoms. The summed E-state index contributed by atoms with van der Waals surface area (Å²) < 4.78 is 39.8. The zero-order valence-electron chi connectivity index (χ0n) is 11.5. The van der Waals surface area contributed by atoms with Crippen molar-refractivity contribution < 1.29 is 18.0 Å². The smallest absolute Gasteiger partial charge is 0.342 e. The van der Waals surface area contributed by atoms with Crippen molar-refractivity contribution in [2.45, 2.75) is 32.0 Å². The molecule has 0 aromatic heterocycles. The second-order valence-corrected chi connectivity index (χ2v) is 6.04. The van der Waals surface area contributed by atoms with E-state index < -0.39 is 17.5 Å². The summed E-state index contributed by atoms with van der Waals surface area (Å²) in [6.45, 7) is 1.72. The lowest BCUT2D eigenvalue weighted by molar-refractivity contribution is -0.222. The molecule has 1 aliphatic rings. The minimum atomic E-state index is -4.50. The molecular weight excluding hydrogens is 277 g/mol. The van der Waals surface area contributed by atoms with Crippen molar-refractivity contribution >= 4 is 17.7 Å². The lowest BCUT2D eigenvalue weighted by atomic mass is 9.84. The van der Waals surface area contributed by atoms with E-state index in [1.807, 2.05) is 6.26 Å². The van der Waals surface area contributed by atoms with Crippen LogP contribution in [0.4, 0.5) is 13.2 Å². The minimum Gasteiger partial charge on any atom is -0.342 e. The van der Waals surface area contributed by atoms with Crippen LogP contribution < -0.4 is 5.32 Å². The molecule has 0 spiro atoms. The Bertz CT molecular complexity index is 317. The predicted octanol–water partition coefficient (Wildman–Crippen LogP) is 2.13. The van der Waals surface area contributed by atoms with Gasteiger partial charge in [0.25, 0.3) is 0 Å². The second kappa shape index (κ2) is 6.35. The Labute approximate surface area is 116 Å². The number of halogens is 3. The van der Waals surface area contributed by atoms with Gasteiger partial charge in [-0.3, -0.25) is 4.79 Å². The molecule has 2 unspecified atom stereocenters. The van der Waals surface area contributed by atoms with E-state index in [-0.39, 0.29) is 25.6 Å². The lowest BCUT2D eigenvalue weighted by Gasteiger charge is -2.36. The fraction of sp³-hybridized carbons (Fsp3) is 0.917. The molecule has 112 valence electrons. The van der Waals surface area contributed by atoms with Crippen molar-refractivity contribution in [1.29, 1.82) is 0 Å². The molecule has 0 radical (unpaired) electrons. The van der Waals surface area contributed by atoms with Crippen LogP contribution in [0, 0.1) is 5.41 Å². The summed E-state index contributed by atoms with van der Waals surface area (Å²) in [6, 6.07) is -0.181. The monoisotopic (exact) mass is 298 g/mol. The highest BCUT2D eigenvalue weighted by atomic mass is 32.2. The summed E-state index contributed by atoms with van der Waals surface area (Å²) in [5.74, 6) is 0.0226. The molecule has 1 heterocycles. The normalized spacial score (nSPS) is 25.4. The van der Waals surface area contributed by atoms with Gasteiger partial charge in [0.15, 0.2) is 5.41 Å². The molecular formula is C12H21F3N2OS. The number of hydrogen-bond acceptors (Lipinski definition) is 3. The molecule has 1 aliphatic heterocycles. The summed E-state index contributed by atoms with van der Waals surface area (Å²) >= 11 is 1.62. The van der Waals surface area contributed by atoms with Gasteiger partial charge in [-0.15, -0.1) is 0 Å². The number of nitrogens with zero attached hydrogens (tertiary/aromatic N) is 1. The van der Waals surface area contributed by atoms with Gasteiger partial charge in [0.05, 0.1) is 0 Å². The van der Waals surface area contributed by atoms with Crippen LogP contribution in [0.5, 0.6) is 0 Å². The summed E-state index contributed by atoms with van der Waals surface area (Å²) in [7, 11) is 1.47. The molecule has 3 nitrogen and oxygen atoms in total. The van der Waals surface area contributed by atoms with E-state index in [0.717, 1.165) is 5.75 Å². The van der Waals surface area contributed by atoms with Crippen molar-refractivity contribution in [3.05, 3.63) is 0 Å². The molecule has 0 aromatic carbocycles. The van der Waals surface area contributed by atoms with Gasteiger partial charge in [-0.25, -0.2) is 0 Å². The zero-order valence-corrected chi connectivity index (χ0v) is 12.3. The Kier molecular flexibility index (Phi) is 5.55. The standard InChI is InChI=1S/C12H21F3N2OS/c1-9(4-7-19-3)17(2)10(18)11(12(13,14)15)5-6-16-8-11/h9,16H,4-8H2,1-3H3. The second-order valence-electron chi connectivity index (χ2n) is 5.05. The van der Waals surface area contributed by atoms with Crippen LogP contribution in [0.25, 0.3) is 0 Å². The van der Waals surface area contributed by atoms with Crippen LogP contribution in [-0.2, 0) is 4.79 Å². The summed E-state index contributed by atoms with van der Waals surface area (Å²) in [6.07, 6.45) is -2.03. The van der Waals surface area contributed by atoms with E-state index in [9.17, 15) is 18.0 Å². The third kappa shape index (κ3) is 3.37. The van der Waals surface area contributed by atoms with Crippen molar-refractivity contribution in [3.63, 3.8) is 0 Å². The Morgan fingerprint density at radius 1 is 1.53 bits per heavy atom. The molecule has 1 rings (SSSR count). The Hall–Kier alpha value is -0.430. The molecule has 1 saturated heterocycles. The number of thioether (sulfide) groups is 1. The van der Waals surface area contributed by atoms with Crippen LogP contribution in [0.3, 0.4) is 0 Å². The average Bonchev–Trinajstić information content (AvgIpc) is 2.84. The molecule has 1 amide bonds. The van der Waals surface area contributed by atoms with Crippen molar-refractivity contribution in [3.8, 4) is 0 Å². The van der Waals surface area contributed by atoms with E-state index in [4.69, 9.17) is 0 Å². The number of amides is 1. The van der Waals surface area contributed by atoms with Gasteiger partial charge in [0.2, 0.25) is 5.91 Å². The fourth-order valence-corrected chi connectivity index (χ4v) is 2.83. The van der Waals surface area contributed by atoms with Crippen molar-refractivity contribution in [1.82, 2.24) is 10.2 Å². The molecule has 7 heteroatoms. The maximum Gasteiger partial charge on any atom is 0.404 e. The van der Waals surface area contributed by atoms with E-state index in [2.05, 4.69) is 5.32 Å². The first-order valence-electron chi connectivity index (χ1n) is 6.30. The molecule has 0 aromatic rings. The third-order valence-corrected chi connectivity index (χ3v) is 4.47. The van der Waals surface area contributed by atoms with Crippen LogP contribution in [0.1, 0.15) is 19.8 Å². The number of carbonyl (C=O) groups is 1. The molecule has 0 bridgehead atoms. The Morgan fingerprint density at radius 3 is 2.58 bits per heavy atom. The number of rotatable bonds is 5. The number of carbonyl (C=O) groups excluding carboxylic acids is 1. The molecule has 0 saturated carbocycles. The highest BCUT2D eigenvalue weighted by Gasteiger charge is 2.62. The van der Waals surface area contributed by atoms with Gasteiger partial charge in [0.1, 0.15) is 0 Å². The minimum absolute atomic E-state index is 0.172. The first kappa shape index (κ1) is 16.6. The molecule has 1 fully saturated rings. The van der Waals surface area contributed by atoms with Gasteiger partial charge in [-0.2, -0.15) is 24.9 Å². The van der Waals surface area contributed by atoms with Crippen molar-refractivity contribution in [2.24, 2.45) is 5.41 Å². The predicted molar refractivity (Wildman–Crippen MR) is 71.2 cm³/mol. The first-order valence-corrected chi connectivity index (χ1v) is 7.69. The quantitative estimate of drug-likeness (QED) is 0.844. The lowest BCUT2D eigenvalue weighted by Crippen LogP contribution is -2.54. The molecule has 2 atom stereocenters. The fourth-order valence-electron chi connectivity index (χ4n) is 2.26. The zero-order chi connectivity index (χ0) is 14.7. The maximum absolute atomic E-state index is 13.3. The van der Waals surface area contributed by atoms with Crippen LogP contribution in [0.2, 0.25) is 0 Å². The summed E-state index contributed by atoms with van der Waals surface area (Å²) in [5.41, 5.74) is -2.24. The first-order chi connectivity index (χ1) is 8.76. The van der Waals surface area contributed by atoms with Crippen LogP contribution in [0.15, 0.2) is 0 Å². The Balaban J connectivity index is 2.83. The van der Waals surface area contributed by atoms with E-state index >= 15 is 0 Å². The highest BCUT2D eigenvalue weighted by Crippen LogP contribution is 2.44. The number of nitrogens with one attached hydrogen (secondary N) is 1. The van der Waals surface area contributed by atoms with E-state index in [1.54, 1.807) is 18.7 Å². The summed E-state index contributed by atoms with van der Waals surface area (Å²) in [4.78, 5) is 13.5. The summed E-state index contributed by atoms with van der Waals surface area (Å²) in [5, 5.41) is 2.67. The third-order valence-electron chi connectivity index (χ3n) is 3.83. The molecule has 1 N–H and O–H groups in total. The highest BCUT2D eigenvalue weighted by molar-refractivity contribution is 7.98. The van der Waals surface area contributed by atoms with Gasteiger partial charge >= 0.3 is 6.18 Å². The van der Waals surface area contributed by atoms with Crippen LogP contribution in [-0.4, -0.2) is 55.2 Å². The topological polar surface area (TPSA) is 32.3 Å². The van der Waals surface area contributed by atoms with Gasteiger partial charge < -0.3 is 10.2 Å². The molecule has 0 aliphatic carbocycles.